The summed E-state index contributed by atoms with van der Waals surface area (Å²) in [7, 11) is 0. The van der Waals surface area contributed by atoms with Crippen LogP contribution >= 0.6 is 0 Å². The Hall–Kier alpha value is -1.96. The Balaban J connectivity index is 1.07. The summed E-state index contributed by atoms with van der Waals surface area (Å²) in [6, 6.07) is 0. The molecule has 8 aliphatic rings. The summed E-state index contributed by atoms with van der Waals surface area (Å²) in [5.74, 6) is -0.0674. The quantitative estimate of drug-likeness (QED) is 0.0481. The fraction of sp³-hybridized carbons (Fsp3) is 0.923. The van der Waals surface area contributed by atoms with E-state index in [0.717, 1.165) is 39.0 Å². The Morgan fingerprint density at radius 3 is 1.88 bits per heavy atom. The van der Waals surface area contributed by atoms with Gasteiger partial charge in [0.25, 0.3) is 0 Å². The number of ketones is 1. The van der Waals surface area contributed by atoms with E-state index < -0.39 is 167 Å². The Morgan fingerprint density at radius 1 is 0.697 bits per heavy atom. The Labute approximate surface area is 441 Å². The predicted octanol–water partition coefficient (Wildman–Crippen LogP) is -2.98. The molecular formula is C52H84O24. The number of hydrogen-bond donors (Lipinski definition) is 13. The van der Waals surface area contributed by atoms with Crippen molar-refractivity contribution in [3.8, 4) is 0 Å². The van der Waals surface area contributed by atoms with Crippen LogP contribution in [-0.4, -0.2) is 240 Å². The largest absolute Gasteiger partial charge is 0.463 e. The third-order valence-electron chi connectivity index (χ3n) is 18.5. The van der Waals surface area contributed by atoms with Gasteiger partial charge in [-0.1, -0.05) is 46.6 Å². The molecule has 4 heterocycles. The number of fused-ring (bicyclic) bond motifs is 5. The molecule has 0 spiro atoms. The monoisotopic (exact) mass is 1090 g/mol. The molecule has 28 atom stereocenters. The van der Waals surface area contributed by atoms with Crippen LogP contribution in [0.1, 0.15) is 92.4 Å². The van der Waals surface area contributed by atoms with Crippen molar-refractivity contribution in [1.29, 1.82) is 0 Å². The molecule has 1 unspecified atom stereocenters. The lowest BCUT2D eigenvalue weighted by Crippen LogP contribution is -2.68. The molecule has 8 rings (SSSR count). The average Bonchev–Trinajstić information content (AvgIpc) is 3.66. The van der Waals surface area contributed by atoms with Crippen LogP contribution in [0.5, 0.6) is 0 Å². The molecule has 4 saturated heterocycles. The molecule has 3 saturated carbocycles. The van der Waals surface area contributed by atoms with E-state index in [2.05, 4.69) is 27.7 Å². The number of aliphatic hydroxyl groups excluding tert-OH is 13. The number of rotatable bonds is 18. The van der Waals surface area contributed by atoms with E-state index in [9.17, 15) is 76.0 Å². The van der Waals surface area contributed by atoms with E-state index >= 15 is 0 Å². The summed E-state index contributed by atoms with van der Waals surface area (Å²) in [6.45, 7) is 6.88. The number of carbonyl (C=O) groups excluding carboxylic acids is 2. The van der Waals surface area contributed by atoms with Gasteiger partial charge < -0.3 is 109 Å². The van der Waals surface area contributed by atoms with Crippen LogP contribution in [0, 0.1) is 46.3 Å². The van der Waals surface area contributed by atoms with E-state index in [-0.39, 0.29) is 53.8 Å². The molecule has 0 bridgehead atoms. The number of ether oxygens (including phenoxy) is 9. The summed E-state index contributed by atoms with van der Waals surface area (Å²) in [5.41, 5.74) is -0.112. The van der Waals surface area contributed by atoms with Gasteiger partial charge in [-0.05, 0) is 84.5 Å². The van der Waals surface area contributed by atoms with Crippen LogP contribution in [0.15, 0.2) is 11.6 Å². The molecule has 0 radical (unpaired) electrons. The normalized spacial score (nSPS) is 49.1. The second-order valence-corrected chi connectivity index (χ2v) is 23.6. The van der Waals surface area contributed by atoms with Crippen LogP contribution in [0.25, 0.3) is 0 Å². The van der Waals surface area contributed by atoms with Crippen molar-refractivity contribution in [2.75, 3.05) is 33.0 Å². The van der Waals surface area contributed by atoms with Crippen LogP contribution in [0.3, 0.4) is 0 Å². The number of allylic oxidation sites excluding steroid dienone is 1. The van der Waals surface area contributed by atoms with E-state index in [4.69, 9.17) is 42.6 Å². The fourth-order valence-electron chi connectivity index (χ4n) is 14.3. The number of hydrogen-bond acceptors (Lipinski definition) is 24. The number of aliphatic hydroxyl groups is 13. The van der Waals surface area contributed by atoms with Gasteiger partial charge in [-0.3, -0.25) is 9.59 Å². The Bertz CT molecular complexity index is 1980. The highest BCUT2D eigenvalue weighted by atomic mass is 16.8. The Morgan fingerprint density at radius 2 is 1.29 bits per heavy atom. The third kappa shape index (κ3) is 11.6. The molecule has 13 N–H and O–H groups in total. The summed E-state index contributed by atoms with van der Waals surface area (Å²) in [6.07, 6.45) is -28.5. The molecule has 436 valence electrons. The molecule has 0 amide bonds. The first kappa shape index (κ1) is 60.1. The predicted molar refractivity (Wildman–Crippen MR) is 256 cm³/mol. The minimum absolute atomic E-state index is 0.0175. The van der Waals surface area contributed by atoms with Gasteiger partial charge in [0.1, 0.15) is 110 Å². The van der Waals surface area contributed by atoms with Crippen LogP contribution < -0.4 is 0 Å². The third-order valence-corrected chi connectivity index (χ3v) is 18.5. The first-order valence-electron chi connectivity index (χ1n) is 27.2. The standard InChI is InChI=1S/C52H84O24/c1-21(2)7-6-8-23(16-53)27-15-28(57)34-24-9-10-26-35(59)30(12-14-51(26,4)25(24)11-13-52(27,34)5)70-49-43(67)45(44(33(73-49)20-68-22(3)56)74-47-41(65)39(63)37(61)31(17-54)71-47)75-50-46(36(60)29(58)19-69-50)76-48-42(66)40(64)38(62)32(18-55)72-48/h10,21,23-25,27,29-50,53-55,58-67H,6-9,11-20H2,1-5H3/t23-,24+,25-,27?,29+,30-,31+,32+,33+,34+,35+,36+,37-,38-,39-,40-,41+,42+,43+,44+,45+,46-,47-,48-,49+,50-,51+,52+/m0/s1. The van der Waals surface area contributed by atoms with Gasteiger partial charge in [0.05, 0.1) is 25.9 Å². The average molecular weight is 1090 g/mol. The molecule has 76 heavy (non-hydrogen) atoms. The number of esters is 1. The molecule has 0 aromatic rings. The van der Waals surface area contributed by atoms with Gasteiger partial charge in [0.15, 0.2) is 25.2 Å². The smallest absolute Gasteiger partial charge is 0.302 e. The molecule has 4 aliphatic heterocycles. The van der Waals surface area contributed by atoms with E-state index in [1.54, 1.807) is 0 Å². The minimum atomic E-state index is -2.01. The maximum absolute atomic E-state index is 14.2. The molecule has 4 aliphatic carbocycles. The lowest BCUT2D eigenvalue weighted by atomic mass is 9.46. The van der Waals surface area contributed by atoms with E-state index in [0.29, 0.717) is 30.8 Å². The number of Topliss-reactive ketones (excluding diaryl/α,β-unsaturated/α-hetero) is 1. The highest BCUT2D eigenvalue weighted by molar-refractivity contribution is 5.85. The molecule has 24 nitrogen and oxygen atoms in total. The van der Waals surface area contributed by atoms with Gasteiger partial charge >= 0.3 is 5.97 Å². The maximum atomic E-state index is 14.2. The van der Waals surface area contributed by atoms with Gasteiger partial charge in [0, 0.05) is 25.9 Å². The van der Waals surface area contributed by atoms with Crippen molar-refractivity contribution in [2.45, 2.75) is 221 Å². The SMILES string of the molecule is CC(=O)OC[C@H]1O[C@@H](O[C@H]2CC[C@@]3(C)C(=CC[C@@H]4[C@@H]3CC[C@]3(C)C([C@H](CO)CCCC(C)C)CC(=O)[C@@H]43)[C@H]2O)[C@H](O)[C@@H](O[C@@H]2OC[C@@H](O)[C@@H](O)[C@@H]2O[C@@H]2O[C@H](CO)[C@H](O)[C@H](O)[C@H]2O)[C@@H]1O[C@@H]1O[C@H](CO)[C@H](O)[C@H](O)[C@H]1O. The lowest BCUT2D eigenvalue weighted by Gasteiger charge is -2.59. The second kappa shape index (κ2) is 24.6. The van der Waals surface area contributed by atoms with Crippen LogP contribution in [0.2, 0.25) is 0 Å². The zero-order chi connectivity index (χ0) is 55.3. The highest BCUT2D eigenvalue weighted by Crippen LogP contribution is 2.66. The highest BCUT2D eigenvalue weighted by Gasteiger charge is 2.64. The van der Waals surface area contributed by atoms with E-state index in [1.165, 1.54) is 0 Å². The van der Waals surface area contributed by atoms with Crippen LogP contribution in [0.4, 0.5) is 0 Å². The number of carbonyl (C=O) groups is 2. The fourth-order valence-corrected chi connectivity index (χ4v) is 14.3. The maximum Gasteiger partial charge on any atom is 0.302 e. The molecule has 24 heteroatoms. The van der Waals surface area contributed by atoms with Crippen molar-refractivity contribution in [3.05, 3.63) is 11.6 Å². The van der Waals surface area contributed by atoms with Crippen molar-refractivity contribution >= 4 is 11.8 Å². The van der Waals surface area contributed by atoms with E-state index in [1.807, 2.05) is 6.08 Å². The minimum Gasteiger partial charge on any atom is -0.463 e. The molecular weight excluding hydrogens is 1010 g/mol. The van der Waals surface area contributed by atoms with Gasteiger partial charge in [-0.2, -0.15) is 0 Å². The zero-order valence-corrected chi connectivity index (χ0v) is 43.9. The second-order valence-electron chi connectivity index (χ2n) is 23.6. The van der Waals surface area contributed by atoms with Crippen LogP contribution in [-0.2, 0) is 52.2 Å². The Kier molecular flexibility index (Phi) is 19.5. The van der Waals surface area contributed by atoms with Gasteiger partial charge in [-0.25, -0.2) is 0 Å². The zero-order valence-electron chi connectivity index (χ0n) is 43.9. The van der Waals surface area contributed by atoms with Crippen molar-refractivity contribution in [1.82, 2.24) is 0 Å². The summed E-state index contributed by atoms with van der Waals surface area (Å²) in [5, 5.41) is 142. The molecule has 0 aromatic carbocycles. The summed E-state index contributed by atoms with van der Waals surface area (Å²) >= 11 is 0. The van der Waals surface area contributed by atoms with Crippen molar-refractivity contribution < 1.29 is 119 Å². The summed E-state index contributed by atoms with van der Waals surface area (Å²) < 4.78 is 53.6. The topological polar surface area (TPSA) is 380 Å². The van der Waals surface area contributed by atoms with Gasteiger partial charge in [0.2, 0.25) is 0 Å². The molecule has 7 fully saturated rings. The first-order valence-corrected chi connectivity index (χ1v) is 27.2. The first-order chi connectivity index (χ1) is 36.0. The summed E-state index contributed by atoms with van der Waals surface area (Å²) in [4.78, 5) is 26.6. The van der Waals surface area contributed by atoms with Crippen molar-refractivity contribution in [2.24, 2.45) is 46.3 Å². The molecule has 0 aromatic heterocycles. The van der Waals surface area contributed by atoms with Gasteiger partial charge in [-0.15, -0.1) is 0 Å². The lowest BCUT2D eigenvalue weighted by molar-refractivity contribution is -0.397. The van der Waals surface area contributed by atoms with Crippen molar-refractivity contribution in [3.63, 3.8) is 0 Å².